The van der Waals surface area contributed by atoms with Crippen molar-refractivity contribution in [2.45, 2.75) is 57.6 Å². The van der Waals surface area contributed by atoms with Crippen molar-refractivity contribution in [3.05, 3.63) is 29.3 Å². The number of likely N-dealkylation sites (tertiary alicyclic amines) is 1. The maximum absolute atomic E-state index is 14.5. The molecule has 2 aliphatic heterocycles. The smallest absolute Gasteiger partial charge is 0.131 e. The van der Waals surface area contributed by atoms with Crippen LogP contribution in [0.25, 0.3) is 0 Å². The van der Waals surface area contributed by atoms with Gasteiger partial charge in [0, 0.05) is 43.5 Å². The first kappa shape index (κ1) is 17.6. The van der Waals surface area contributed by atoms with Gasteiger partial charge in [0.25, 0.3) is 0 Å². The molecule has 134 valence electrons. The molecule has 2 heterocycles. The summed E-state index contributed by atoms with van der Waals surface area (Å²) < 4.78 is 28.9. The van der Waals surface area contributed by atoms with Crippen LogP contribution in [-0.2, 0) is 6.42 Å². The van der Waals surface area contributed by atoms with Crippen LogP contribution in [0.4, 0.5) is 14.5 Å². The number of hydrogen-bond donors (Lipinski definition) is 1. The van der Waals surface area contributed by atoms with Crippen molar-refractivity contribution in [2.75, 3.05) is 31.1 Å². The predicted octanol–water partition coefficient (Wildman–Crippen LogP) is 3.34. The largest absolute Gasteiger partial charge is 0.393 e. The highest BCUT2D eigenvalue weighted by Gasteiger charge is 2.24. The standard InChI is InChI=1S/C19H28F2N2O/c1-14-11-16(24)5-9-22(14)10-6-17-18(20)12-15(13-19(17)21)23-7-3-2-4-8-23/h12-14,16,24H,2-11H2,1H3. The number of aliphatic hydroxyl groups is 1. The minimum atomic E-state index is -0.430. The van der Waals surface area contributed by atoms with Crippen molar-refractivity contribution in [1.29, 1.82) is 0 Å². The van der Waals surface area contributed by atoms with Gasteiger partial charge in [-0.3, -0.25) is 0 Å². The van der Waals surface area contributed by atoms with E-state index < -0.39 is 11.6 Å². The molecule has 2 unspecified atom stereocenters. The van der Waals surface area contributed by atoms with Gasteiger partial charge in [-0.25, -0.2) is 8.78 Å². The van der Waals surface area contributed by atoms with Crippen LogP contribution in [0.5, 0.6) is 0 Å². The van der Waals surface area contributed by atoms with E-state index >= 15 is 0 Å². The van der Waals surface area contributed by atoms with E-state index in [1.807, 2.05) is 0 Å². The quantitative estimate of drug-likeness (QED) is 0.912. The third-order valence-corrected chi connectivity index (χ3v) is 5.48. The van der Waals surface area contributed by atoms with Crippen molar-refractivity contribution in [2.24, 2.45) is 0 Å². The first-order valence-electron chi connectivity index (χ1n) is 9.19. The van der Waals surface area contributed by atoms with Crippen LogP contribution in [-0.4, -0.2) is 48.3 Å². The SMILES string of the molecule is CC1CC(O)CCN1CCc1c(F)cc(N2CCCCC2)cc1F. The summed E-state index contributed by atoms with van der Waals surface area (Å²) in [6.07, 6.45) is 4.98. The molecule has 0 spiro atoms. The second kappa shape index (κ2) is 7.79. The lowest BCUT2D eigenvalue weighted by Crippen LogP contribution is -2.43. The van der Waals surface area contributed by atoms with Crippen molar-refractivity contribution in [1.82, 2.24) is 4.90 Å². The van der Waals surface area contributed by atoms with Crippen LogP contribution in [0.15, 0.2) is 12.1 Å². The molecule has 1 aromatic carbocycles. The number of piperidine rings is 2. The number of rotatable bonds is 4. The van der Waals surface area contributed by atoms with Crippen LogP contribution in [0, 0.1) is 11.6 Å². The molecule has 0 aliphatic carbocycles. The zero-order valence-corrected chi connectivity index (χ0v) is 14.5. The van der Waals surface area contributed by atoms with Crippen LogP contribution in [0.3, 0.4) is 0 Å². The molecular weight excluding hydrogens is 310 g/mol. The molecule has 2 atom stereocenters. The van der Waals surface area contributed by atoms with E-state index in [2.05, 4.69) is 16.7 Å². The van der Waals surface area contributed by atoms with Gasteiger partial charge in [0.05, 0.1) is 6.10 Å². The molecule has 0 saturated carbocycles. The third kappa shape index (κ3) is 4.06. The molecule has 1 aromatic rings. The summed E-state index contributed by atoms with van der Waals surface area (Å²) >= 11 is 0. The Morgan fingerprint density at radius 3 is 2.38 bits per heavy atom. The van der Waals surface area contributed by atoms with Gasteiger partial charge >= 0.3 is 0 Å². The van der Waals surface area contributed by atoms with Gasteiger partial charge in [-0.15, -0.1) is 0 Å². The van der Waals surface area contributed by atoms with Crippen LogP contribution in [0.2, 0.25) is 0 Å². The minimum absolute atomic E-state index is 0.189. The lowest BCUT2D eigenvalue weighted by atomic mass is 9.99. The number of nitrogens with zero attached hydrogens (tertiary/aromatic N) is 2. The highest BCUT2D eigenvalue weighted by atomic mass is 19.1. The zero-order chi connectivity index (χ0) is 17.1. The Morgan fingerprint density at radius 2 is 1.75 bits per heavy atom. The monoisotopic (exact) mass is 338 g/mol. The second-order valence-electron chi connectivity index (χ2n) is 7.25. The molecule has 24 heavy (non-hydrogen) atoms. The van der Waals surface area contributed by atoms with Crippen molar-refractivity contribution < 1.29 is 13.9 Å². The number of anilines is 1. The molecule has 2 fully saturated rings. The number of benzene rings is 1. The maximum Gasteiger partial charge on any atom is 0.131 e. The fourth-order valence-electron chi connectivity index (χ4n) is 3.95. The molecular formula is C19H28F2N2O. The Hall–Kier alpha value is -1.20. The van der Waals surface area contributed by atoms with Crippen molar-refractivity contribution in [3.8, 4) is 0 Å². The first-order valence-corrected chi connectivity index (χ1v) is 9.19. The normalized spacial score (nSPS) is 25.9. The summed E-state index contributed by atoms with van der Waals surface area (Å²) in [5.74, 6) is -0.861. The molecule has 0 amide bonds. The number of halogens is 2. The molecule has 3 rings (SSSR count). The highest BCUT2D eigenvalue weighted by molar-refractivity contribution is 5.49. The second-order valence-corrected chi connectivity index (χ2v) is 7.25. The summed E-state index contributed by atoms with van der Waals surface area (Å²) in [6.45, 7) is 5.24. The Kier molecular flexibility index (Phi) is 5.72. The molecule has 0 bridgehead atoms. The van der Waals surface area contributed by atoms with Crippen molar-refractivity contribution in [3.63, 3.8) is 0 Å². The summed E-state index contributed by atoms with van der Waals surface area (Å²) in [7, 11) is 0. The molecule has 0 aromatic heterocycles. The average molecular weight is 338 g/mol. The van der Waals surface area contributed by atoms with Crippen LogP contribution >= 0.6 is 0 Å². The number of aliphatic hydroxyl groups excluding tert-OH is 1. The Labute approximate surface area is 143 Å². The molecule has 1 N–H and O–H groups in total. The topological polar surface area (TPSA) is 26.7 Å². The van der Waals surface area contributed by atoms with E-state index in [0.717, 1.165) is 45.3 Å². The molecule has 2 aliphatic rings. The number of hydrogen-bond acceptors (Lipinski definition) is 3. The summed E-state index contributed by atoms with van der Waals surface area (Å²) in [4.78, 5) is 4.29. The van der Waals surface area contributed by atoms with E-state index in [9.17, 15) is 13.9 Å². The summed E-state index contributed by atoms with van der Waals surface area (Å²) in [5.41, 5.74) is 0.858. The molecule has 3 nitrogen and oxygen atoms in total. The van der Waals surface area contributed by atoms with Gasteiger partial charge < -0.3 is 14.9 Å². The predicted molar refractivity (Wildman–Crippen MR) is 92.4 cm³/mol. The van der Waals surface area contributed by atoms with E-state index in [1.165, 1.54) is 18.6 Å². The van der Waals surface area contributed by atoms with Gasteiger partial charge in [0.2, 0.25) is 0 Å². The van der Waals surface area contributed by atoms with E-state index in [1.54, 1.807) is 0 Å². The van der Waals surface area contributed by atoms with Gasteiger partial charge in [-0.1, -0.05) is 0 Å². The minimum Gasteiger partial charge on any atom is -0.393 e. The summed E-state index contributed by atoms with van der Waals surface area (Å²) in [5, 5.41) is 9.67. The van der Waals surface area contributed by atoms with Crippen molar-refractivity contribution >= 4 is 5.69 Å². The highest BCUT2D eigenvalue weighted by Crippen LogP contribution is 2.26. The summed E-state index contributed by atoms with van der Waals surface area (Å²) in [6, 6.07) is 3.24. The molecule has 0 radical (unpaired) electrons. The Morgan fingerprint density at radius 1 is 1.08 bits per heavy atom. The van der Waals surface area contributed by atoms with Gasteiger partial charge in [0.15, 0.2) is 0 Å². The maximum atomic E-state index is 14.5. The van der Waals surface area contributed by atoms with Crippen LogP contribution < -0.4 is 4.90 Å². The lowest BCUT2D eigenvalue weighted by Gasteiger charge is -2.35. The lowest BCUT2D eigenvalue weighted by molar-refractivity contribution is 0.0488. The fraction of sp³-hybridized carbons (Fsp3) is 0.684. The van der Waals surface area contributed by atoms with Gasteiger partial charge in [0.1, 0.15) is 11.6 Å². The molecule has 5 heteroatoms. The third-order valence-electron chi connectivity index (χ3n) is 5.48. The van der Waals surface area contributed by atoms with Crippen LogP contribution in [0.1, 0.15) is 44.6 Å². The Bertz CT molecular complexity index is 537. The molecule has 2 saturated heterocycles. The van der Waals surface area contributed by atoms with E-state index in [4.69, 9.17) is 0 Å². The average Bonchev–Trinajstić information content (AvgIpc) is 2.56. The van der Waals surface area contributed by atoms with E-state index in [0.29, 0.717) is 18.7 Å². The zero-order valence-electron chi connectivity index (χ0n) is 14.5. The Balaban J connectivity index is 1.65. The van der Waals surface area contributed by atoms with E-state index in [-0.39, 0.29) is 17.7 Å². The van der Waals surface area contributed by atoms with Gasteiger partial charge in [-0.05, 0) is 57.6 Å². The van der Waals surface area contributed by atoms with Gasteiger partial charge in [-0.2, -0.15) is 0 Å². The fourth-order valence-corrected chi connectivity index (χ4v) is 3.95. The first-order chi connectivity index (χ1) is 11.5.